The molecule has 2 rings (SSSR count). The summed E-state index contributed by atoms with van der Waals surface area (Å²) in [6.45, 7) is 1.10. The summed E-state index contributed by atoms with van der Waals surface area (Å²) in [5, 5.41) is 0. The maximum absolute atomic E-state index is 13.5. The lowest BCUT2D eigenvalue weighted by atomic mass is 10.1. The lowest BCUT2D eigenvalue weighted by Crippen LogP contribution is -2.25. The Labute approximate surface area is 107 Å². The van der Waals surface area contributed by atoms with Gasteiger partial charge in [-0.1, -0.05) is 12.5 Å². The van der Waals surface area contributed by atoms with Crippen molar-refractivity contribution in [1.82, 2.24) is 0 Å². The smallest absolute Gasteiger partial charge is 0.165 e. The lowest BCUT2D eigenvalue weighted by molar-refractivity contribution is 0.0181. The van der Waals surface area contributed by atoms with Gasteiger partial charge in [-0.2, -0.15) is 0 Å². The van der Waals surface area contributed by atoms with Gasteiger partial charge in [0.1, 0.15) is 0 Å². The van der Waals surface area contributed by atoms with Gasteiger partial charge in [-0.05, 0) is 43.0 Å². The summed E-state index contributed by atoms with van der Waals surface area (Å²) < 4.78 is 24.2. The van der Waals surface area contributed by atoms with E-state index >= 15 is 0 Å². The van der Waals surface area contributed by atoms with Crippen molar-refractivity contribution in [2.24, 2.45) is 11.7 Å². The van der Waals surface area contributed by atoms with Gasteiger partial charge in [-0.3, -0.25) is 0 Å². The predicted octanol–water partition coefficient (Wildman–Crippen LogP) is 2.48. The Balaban J connectivity index is 1.92. The van der Waals surface area contributed by atoms with E-state index in [0.29, 0.717) is 19.1 Å². The number of nitrogens with two attached hydrogens (primary N) is 1. The third kappa shape index (κ3) is 3.00. The van der Waals surface area contributed by atoms with Crippen molar-refractivity contribution >= 4 is 0 Å². The number of methoxy groups -OCH3 is 1. The van der Waals surface area contributed by atoms with Gasteiger partial charge in [0.2, 0.25) is 0 Å². The van der Waals surface area contributed by atoms with E-state index in [1.165, 1.54) is 19.6 Å². The van der Waals surface area contributed by atoms with Gasteiger partial charge >= 0.3 is 0 Å². The molecule has 0 aromatic heterocycles. The monoisotopic (exact) mass is 253 g/mol. The number of benzene rings is 1. The molecule has 4 heteroatoms. The minimum atomic E-state index is -0.347. The zero-order valence-electron chi connectivity index (χ0n) is 10.7. The molecule has 0 aliphatic heterocycles. The van der Waals surface area contributed by atoms with Crippen LogP contribution in [-0.2, 0) is 11.3 Å². The third-order valence-corrected chi connectivity index (χ3v) is 3.57. The summed E-state index contributed by atoms with van der Waals surface area (Å²) in [7, 11) is 1.46. The number of ether oxygens (including phenoxy) is 2. The van der Waals surface area contributed by atoms with E-state index in [4.69, 9.17) is 15.2 Å². The Kier molecular flexibility index (Phi) is 4.55. The zero-order chi connectivity index (χ0) is 13.0. The number of hydrogen-bond donors (Lipinski definition) is 1. The maximum Gasteiger partial charge on any atom is 0.165 e. The van der Waals surface area contributed by atoms with Crippen LogP contribution < -0.4 is 10.5 Å². The first kappa shape index (κ1) is 13.3. The van der Waals surface area contributed by atoms with Crippen LogP contribution in [0.5, 0.6) is 5.75 Å². The SMILES string of the molecule is COc1ccc(COC2CCCC2CN)cc1F. The van der Waals surface area contributed by atoms with Gasteiger partial charge in [-0.15, -0.1) is 0 Å². The van der Waals surface area contributed by atoms with Crippen LogP contribution in [0.25, 0.3) is 0 Å². The summed E-state index contributed by atoms with van der Waals surface area (Å²) in [6, 6.07) is 4.92. The van der Waals surface area contributed by atoms with E-state index in [9.17, 15) is 4.39 Å². The van der Waals surface area contributed by atoms with Gasteiger partial charge < -0.3 is 15.2 Å². The van der Waals surface area contributed by atoms with E-state index in [1.54, 1.807) is 6.07 Å². The number of hydrogen-bond acceptors (Lipinski definition) is 3. The molecule has 0 radical (unpaired) electrons. The number of halogens is 1. The van der Waals surface area contributed by atoms with Crippen molar-refractivity contribution in [3.05, 3.63) is 29.6 Å². The molecule has 1 aromatic carbocycles. The molecule has 2 unspecified atom stereocenters. The van der Waals surface area contributed by atoms with Crippen molar-refractivity contribution in [1.29, 1.82) is 0 Å². The molecule has 3 nitrogen and oxygen atoms in total. The van der Waals surface area contributed by atoms with E-state index in [2.05, 4.69) is 0 Å². The molecule has 18 heavy (non-hydrogen) atoms. The van der Waals surface area contributed by atoms with E-state index in [0.717, 1.165) is 18.4 Å². The maximum atomic E-state index is 13.5. The van der Waals surface area contributed by atoms with Crippen molar-refractivity contribution < 1.29 is 13.9 Å². The van der Waals surface area contributed by atoms with Crippen LogP contribution in [0.2, 0.25) is 0 Å². The molecular formula is C14H20FNO2. The molecule has 2 atom stereocenters. The van der Waals surface area contributed by atoms with Gasteiger partial charge in [0.15, 0.2) is 11.6 Å². The Hall–Kier alpha value is -1.13. The quantitative estimate of drug-likeness (QED) is 0.876. The first-order valence-corrected chi connectivity index (χ1v) is 6.38. The Morgan fingerprint density at radius 2 is 2.22 bits per heavy atom. The highest BCUT2D eigenvalue weighted by atomic mass is 19.1. The first-order chi connectivity index (χ1) is 8.74. The molecular weight excluding hydrogens is 233 g/mol. The van der Waals surface area contributed by atoms with Gasteiger partial charge in [0.25, 0.3) is 0 Å². The molecule has 1 saturated carbocycles. The molecule has 0 bridgehead atoms. The second-order valence-electron chi connectivity index (χ2n) is 4.75. The fourth-order valence-electron chi connectivity index (χ4n) is 2.49. The standard InChI is InChI=1S/C14H20FNO2/c1-17-14-6-5-10(7-12(14)15)9-18-13-4-2-3-11(13)8-16/h5-7,11,13H,2-4,8-9,16H2,1H3. The van der Waals surface area contributed by atoms with Crippen LogP contribution in [0.4, 0.5) is 4.39 Å². The molecule has 2 N–H and O–H groups in total. The van der Waals surface area contributed by atoms with E-state index in [1.807, 2.05) is 6.07 Å². The van der Waals surface area contributed by atoms with Crippen molar-refractivity contribution in [3.8, 4) is 5.75 Å². The molecule has 0 spiro atoms. The second-order valence-corrected chi connectivity index (χ2v) is 4.75. The number of rotatable bonds is 5. The molecule has 0 heterocycles. The van der Waals surface area contributed by atoms with Crippen LogP contribution in [0, 0.1) is 11.7 Å². The minimum Gasteiger partial charge on any atom is -0.494 e. The van der Waals surface area contributed by atoms with Crippen molar-refractivity contribution in [3.63, 3.8) is 0 Å². The van der Waals surface area contributed by atoms with Crippen LogP contribution >= 0.6 is 0 Å². The average molecular weight is 253 g/mol. The van der Waals surface area contributed by atoms with Crippen molar-refractivity contribution in [2.45, 2.75) is 32.0 Å². The summed E-state index contributed by atoms with van der Waals surface area (Å²) in [5.74, 6) is 0.368. The molecule has 0 amide bonds. The van der Waals surface area contributed by atoms with Gasteiger partial charge in [-0.25, -0.2) is 4.39 Å². The third-order valence-electron chi connectivity index (χ3n) is 3.57. The highest BCUT2D eigenvalue weighted by Crippen LogP contribution is 2.28. The summed E-state index contributed by atoms with van der Waals surface area (Å²) in [4.78, 5) is 0. The Morgan fingerprint density at radius 3 is 2.89 bits per heavy atom. The molecule has 0 saturated heterocycles. The molecule has 1 aromatic rings. The summed E-state index contributed by atoms with van der Waals surface area (Å²) in [5.41, 5.74) is 6.53. The average Bonchev–Trinajstić information content (AvgIpc) is 2.84. The highest BCUT2D eigenvalue weighted by Gasteiger charge is 2.26. The highest BCUT2D eigenvalue weighted by molar-refractivity contribution is 5.28. The normalized spacial score (nSPS) is 23.3. The van der Waals surface area contributed by atoms with Crippen LogP contribution in [0.15, 0.2) is 18.2 Å². The summed E-state index contributed by atoms with van der Waals surface area (Å²) >= 11 is 0. The predicted molar refractivity (Wildman–Crippen MR) is 67.9 cm³/mol. The Bertz CT molecular complexity index is 397. The van der Waals surface area contributed by atoms with E-state index in [-0.39, 0.29) is 17.7 Å². The van der Waals surface area contributed by atoms with E-state index < -0.39 is 0 Å². The molecule has 100 valence electrons. The van der Waals surface area contributed by atoms with Gasteiger partial charge in [0, 0.05) is 0 Å². The molecule has 1 aliphatic carbocycles. The zero-order valence-corrected chi connectivity index (χ0v) is 10.7. The lowest BCUT2D eigenvalue weighted by Gasteiger charge is -2.18. The largest absolute Gasteiger partial charge is 0.494 e. The van der Waals surface area contributed by atoms with Crippen LogP contribution in [0.3, 0.4) is 0 Å². The minimum absolute atomic E-state index is 0.222. The topological polar surface area (TPSA) is 44.5 Å². The second kappa shape index (κ2) is 6.16. The van der Waals surface area contributed by atoms with Crippen LogP contribution in [-0.4, -0.2) is 19.8 Å². The van der Waals surface area contributed by atoms with Gasteiger partial charge in [0.05, 0.1) is 19.8 Å². The Morgan fingerprint density at radius 1 is 1.39 bits per heavy atom. The fourth-order valence-corrected chi connectivity index (χ4v) is 2.49. The molecule has 1 fully saturated rings. The fraction of sp³-hybridized carbons (Fsp3) is 0.571. The van der Waals surface area contributed by atoms with Crippen LogP contribution in [0.1, 0.15) is 24.8 Å². The first-order valence-electron chi connectivity index (χ1n) is 6.38. The van der Waals surface area contributed by atoms with Crippen molar-refractivity contribution in [2.75, 3.05) is 13.7 Å². The molecule has 1 aliphatic rings. The summed E-state index contributed by atoms with van der Waals surface area (Å²) in [6.07, 6.45) is 3.59.